The summed E-state index contributed by atoms with van der Waals surface area (Å²) >= 11 is 0. The molecular weight excluding hydrogens is 253 g/mol. The molecule has 4 rings (SSSR count). The zero-order valence-corrected chi connectivity index (χ0v) is 10.8. The molecule has 2 atom stereocenters. The molecule has 0 amide bonds. The molecule has 3 heteroatoms. The molecule has 0 spiro atoms. The van der Waals surface area contributed by atoms with Gasteiger partial charge in [0.05, 0.1) is 6.10 Å². The Balaban J connectivity index is 1.89. The van der Waals surface area contributed by atoms with Crippen LogP contribution in [-0.2, 0) is 0 Å². The van der Waals surface area contributed by atoms with Gasteiger partial charge in [-0.15, -0.1) is 0 Å². The van der Waals surface area contributed by atoms with E-state index >= 15 is 0 Å². The fourth-order valence-electron chi connectivity index (χ4n) is 3.31. The lowest BCUT2D eigenvalue weighted by Crippen LogP contribution is -1.95. The first kappa shape index (κ1) is 11.7. The molecule has 1 aliphatic carbocycles. The van der Waals surface area contributed by atoms with E-state index in [1.54, 1.807) is 0 Å². The maximum Gasteiger partial charge on any atom is 0.125 e. The van der Waals surface area contributed by atoms with Gasteiger partial charge < -0.3 is 10.1 Å². The number of hydrogen-bond acceptors (Lipinski definition) is 1. The van der Waals surface area contributed by atoms with Crippen LogP contribution in [0.25, 0.3) is 10.9 Å². The van der Waals surface area contributed by atoms with Crippen molar-refractivity contribution in [2.45, 2.75) is 18.4 Å². The Bertz CT molecular complexity index is 793. The molecule has 0 aliphatic heterocycles. The smallest absolute Gasteiger partial charge is 0.125 e. The maximum absolute atomic E-state index is 13.3. The van der Waals surface area contributed by atoms with Gasteiger partial charge in [0.15, 0.2) is 0 Å². The summed E-state index contributed by atoms with van der Waals surface area (Å²) in [5.74, 6) is -0.0711. The first-order chi connectivity index (χ1) is 9.74. The molecule has 2 N–H and O–H groups in total. The van der Waals surface area contributed by atoms with Crippen LogP contribution in [0.4, 0.5) is 4.39 Å². The number of halogens is 1. The Labute approximate surface area is 115 Å². The molecule has 0 unspecified atom stereocenters. The van der Waals surface area contributed by atoms with E-state index < -0.39 is 6.10 Å². The maximum atomic E-state index is 13.3. The number of H-pyrrole nitrogens is 1. The van der Waals surface area contributed by atoms with Gasteiger partial charge in [-0.2, -0.15) is 0 Å². The Morgan fingerprint density at radius 2 is 1.85 bits per heavy atom. The minimum absolute atomic E-state index is 0.167. The first-order valence-electron chi connectivity index (χ1n) is 6.77. The summed E-state index contributed by atoms with van der Waals surface area (Å²) in [5.41, 5.74) is 4.11. The standard InChI is InChI=1S/C17H14FNO/c18-10-5-6-12-15(9-19-16(12)7-10)14-8-17(20)13-4-2-1-3-11(13)14/h1-7,9,14,17,19-20H,8H2/t14-,17+/m1/s1. The second kappa shape index (κ2) is 4.18. The van der Waals surface area contributed by atoms with Crippen molar-refractivity contribution in [3.63, 3.8) is 0 Å². The average Bonchev–Trinajstić information content (AvgIpc) is 3.00. The number of nitrogens with one attached hydrogen (secondary N) is 1. The van der Waals surface area contributed by atoms with Gasteiger partial charge in [-0.25, -0.2) is 4.39 Å². The van der Waals surface area contributed by atoms with Crippen molar-refractivity contribution in [1.82, 2.24) is 4.98 Å². The minimum atomic E-state index is -0.415. The molecule has 2 nitrogen and oxygen atoms in total. The fraction of sp³-hybridized carbons (Fsp3) is 0.176. The number of aliphatic hydroxyl groups excluding tert-OH is 1. The third-order valence-electron chi connectivity index (χ3n) is 4.24. The highest BCUT2D eigenvalue weighted by molar-refractivity contribution is 5.84. The molecule has 20 heavy (non-hydrogen) atoms. The normalized spacial score (nSPS) is 21.3. The van der Waals surface area contributed by atoms with Gasteiger partial charge in [0.2, 0.25) is 0 Å². The number of benzene rings is 2. The predicted octanol–water partition coefficient (Wildman–Crippen LogP) is 3.88. The van der Waals surface area contributed by atoms with Crippen molar-refractivity contribution in [3.05, 3.63) is 71.2 Å². The molecule has 3 aromatic rings. The molecule has 0 bridgehead atoms. The van der Waals surface area contributed by atoms with Crippen LogP contribution in [0.15, 0.2) is 48.7 Å². The van der Waals surface area contributed by atoms with Gasteiger partial charge >= 0.3 is 0 Å². The molecule has 0 saturated heterocycles. The minimum Gasteiger partial charge on any atom is -0.388 e. The lowest BCUT2D eigenvalue weighted by Gasteiger charge is -2.10. The molecule has 100 valence electrons. The third kappa shape index (κ3) is 1.60. The number of rotatable bonds is 1. The van der Waals surface area contributed by atoms with Crippen molar-refractivity contribution >= 4 is 10.9 Å². The number of aromatic nitrogens is 1. The summed E-state index contributed by atoms with van der Waals surface area (Å²) in [6.07, 6.45) is 2.20. The van der Waals surface area contributed by atoms with E-state index in [2.05, 4.69) is 11.1 Å². The van der Waals surface area contributed by atoms with Gasteiger partial charge in [-0.05, 0) is 41.3 Å². The van der Waals surface area contributed by atoms with Crippen molar-refractivity contribution in [3.8, 4) is 0 Å². The van der Waals surface area contributed by atoms with Gasteiger partial charge in [-0.3, -0.25) is 0 Å². The summed E-state index contributed by atoms with van der Waals surface area (Å²) in [5, 5.41) is 11.2. The molecular formula is C17H14FNO. The molecule has 1 aliphatic rings. The van der Waals surface area contributed by atoms with Crippen molar-refractivity contribution in [1.29, 1.82) is 0 Å². The van der Waals surface area contributed by atoms with E-state index in [-0.39, 0.29) is 11.7 Å². The van der Waals surface area contributed by atoms with Crippen LogP contribution in [-0.4, -0.2) is 10.1 Å². The van der Waals surface area contributed by atoms with Crippen LogP contribution in [0.1, 0.15) is 35.1 Å². The van der Waals surface area contributed by atoms with Gasteiger partial charge in [-0.1, -0.05) is 24.3 Å². The highest BCUT2D eigenvalue weighted by Gasteiger charge is 2.31. The van der Waals surface area contributed by atoms with Gasteiger partial charge in [0.25, 0.3) is 0 Å². The summed E-state index contributed by atoms with van der Waals surface area (Å²) < 4.78 is 13.3. The highest BCUT2D eigenvalue weighted by atomic mass is 19.1. The van der Waals surface area contributed by atoms with Crippen molar-refractivity contribution < 1.29 is 9.50 Å². The van der Waals surface area contributed by atoms with Crippen LogP contribution < -0.4 is 0 Å². The average molecular weight is 267 g/mol. The molecule has 0 saturated carbocycles. The van der Waals surface area contributed by atoms with Crippen molar-refractivity contribution in [2.24, 2.45) is 0 Å². The monoisotopic (exact) mass is 267 g/mol. The fourth-order valence-corrected chi connectivity index (χ4v) is 3.31. The number of fused-ring (bicyclic) bond motifs is 2. The van der Waals surface area contributed by atoms with Crippen LogP contribution in [0.3, 0.4) is 0 Å². The predicted molar refractivity (Wildman–Crippen MR) is 76.1 cm³/mol. The Hall–Kier alpha value is -2.13. The zero-order valence-electron chi connectivity index (χ0n) is 10.8. The summed E-state index contributed by atoms with van der Waals surface area (Å²) in [7, 11) is 0. The number of aromatic amines is 1. The highest BCUT2D eigenvalue weighted by Crippen LogP contribution is 2.45. The summed E-state index contributed by atoms with van der Waals surface area (Å²) in [6, 6.07) is 12.8. The molecule has 1 heterocycles. The van der Waals surface area contributed by atoms with Gasteiger partial charge in [0.1, 0.15) is 5.82 Å². The lowest BCUT2D eigenvalue weighted by atomic mass is 9.93. The number of aliphatic hydroxyl groups is 1. The second-order valence-corrected chi connectivity index (χ2v) is 5.37. The van der Waals surface area contributed by atoms with E-state index in [0.717, 1.165) is 22.0 Å². The van der Waals surface area contributed by atoms with Gasteiger partial charge in [0, 0.05) is 23.0 Å². The van der Waals surface area contributed by atoms with E-state index in [4.69, 9.17) is 0 Å². The third-order valence-corrected chi connectivity index (χ3v) is 4.24. The summed E-state index contributed by atoms with van der Waals surface area (Å²) in [4.78, 5) is 3.13. The lowest BCUT2D eigenvalue weighted by molar-refractivity contribution is 0.176. The molecule has 0 fully saturated rings. The van der Waals surface area contributed by atoms with Crippen LogP contribution >= 0.6 is 0 Å². The van der Waals surface area contributed by atoms with E-state index in [9.17, 15) is 9.50 Å². The largest absolute Gasteiger partial charge is 0.388 e. The van der Waals surface area contributed by atoms with Crippen LogP contribution in [0.2, 0.25) is 0 Å². The molecule has 2 aromatic carbocycles. The number of hydrogen-bond donors (Lipinski definition) is 2. The Kier molecular flexibility index (Phi) is 2.44. The Morgan fingerprint density at radius 3 is 2.70 bits per heavy atom. The van der Waals surface area contributed by atoms with Crippen molar-refractivity contribution in [2.75, 3.05) is 0 Å². The first-order valence-corrected chi connectivity index (χ1v) is 6.77. The van der Waals surface area contributed by atoms with Crippen LogP contribution in [0.5, 0.6) is 0 Å². The SMILES string of the molecule is O[C@H]1C[C@@H](c2c[nH]c3cc(F)ccc23)c2ccccc21. The van der Waals surface area contributed by atoms with Crippen LogP contribution in [0, 0.1) is 5.82 Å². The molecule has 1 aromatic heterocycles. The Morgan fingerprint density at radius 1 is 1.05 bits per heavy atom. The second-order valence-electron chi connectivity index (χ2n) is 5.37. The van der Waals surface area contributed by atoms with E-state index in [1.807, 2.05) is 30.5 Å². The van der Waals surface area contributed by atoms with E-state index in [1.165, 1.54) is 17.7 Å². The zero-order chi connectivity index (χ0) is 13.7. The quantitative estimate of drug-likeness (QED) is 0.689. The van der Waals surface area contributed by atoms with E-state index in [0.29, 0.717) is 6.42 Å². The summed E-state index contributed by atoms with van der Waals surface area (Å²) in [6.45, 7) is 0. The topological polar surface area (TPSA) is 36.0 Å². The molecule has 0 radical (unpaired) electrons.